The molecule has 2 nitrogen and oxygen atoms in total. The van der Waals surface area contributed by atoms with E-state index in [0.29, 0.717) is 11.9 Å². The molecule has 0 bridgehead atoms. The lowest BCUT2D eigenvalue weighted by molar-refractivity contribution is -0.140. The fraction of sp³-hybridized carbons (Fsp3) is 0.720. The van der Waals surface area contributed by atoms with Crippen molar-refractivity contribution in [3.8, 4) is 0 Å². The highest BCUT2D eigenvalue weighted by Gasteiger charge is 2.17. The van der Waals surface area contributed by atoms with Gasteiger partial charge < -0.3 is 4.74 Å². The number of rotatable bonds is 13. The summed E-state index contributed by atoms with van der Waals surface area (Å²) in [5.74, 6) is 0. The molecule has 1 aromatic carbocycles. The van der Waals surface area contributed by atoms with E-state index in [-0.39, 0.29) is 5.60 Å². The highest BCUT2D eigenvalue weighted by molar-refractivity contribution is 5.38. The highest BCUT2D eigenvalue weighted by Crippen LogP contribution is 2.23. The summed E-state index contributed by atoms with van der Waals surface area (Å²) in [6, 6.07) is 7.03. The van der Waals surface area contributed by atoms with Crippen LogP contribution in [0.25, 0.3) is 0 Å². The maximum absolute atomic E-state index is 10.5. The lowest BCUT2D eigenvalue weighted by atomic mass is 9.89. The van der Waals surface area contributed by atoms with Crippen molar-refractivity contribution in [1.82, 2.24) is 0 Å². The molecule has 0 N–H and O–H groups in total. The summed E-state index contributed by atoms with van der Waals surface area (Å²) in [6.07, 6.45) is 12.1. The molecule has 0 saturated heterocycles. The molecular formula is C25H42O2. The summed E-state index contributed by atoms with van der Waals surface area (Å²) in [5, 5.41) is 0. The number of hydrogen-bond acceptors (Lipinski definition) is 2. The Balaban J connectivity index is 2.33. The molecule has 27 heavy (non-hydrogen) atoms. The summed E-state index contributed by atoms with van der Waals surface area (Å²) in [5.41, 5.74) is 4.55. The molecule has 0 spiro atoms. The zero-order valence-electron chi connectivity index (χ0n) is 18.7. The molecule has 0 unspecified atom stereocenters. The van der Waals surface area contributed by atoms with E-state index in [0.717, 1.165) is 19.3 Å². The monoisotopic (exact) mass is 374 g/mol. The fourth-order valence-electron chi connectivity index (χ4n) is 3.54. The van der Waals surface area contributed by atoms with E-state index >= 15 is 0 Å². The molecule has 1 rings (SSSR count). The predicted octanol–water partition coefficient (Wildman–Crippen LogP) is 7.20. The zero-order chi connectivity index (χ0) is 20.3. The van der Waals surface area contributed by atoms with Crippen LogP contribution in [-0.4, -0.2) is 12.1 Å². The number of carbonyl (C=O) groups is 1. The average molecular weight is 375 g/mol. The topological polar surface area (TPSA) is 26.3 Å². The Morgan fingerprint density at radius 2 is 1.48 bits per heavy atom. The molecule has 0 aliphatic rings. The maximum atomic E-state index is 10.5. The van der Waals surface area contributed by atoms with Gasteiger partial charge in [0.1, 0.15) is 5.60 Å². The molecule has 0 atom stereocenters. The SMILES string of the molecule is Cc1ccc(CCCCCC(C)(C)C)cc1CCCCCC(C)(C)OC=O. The highest BCUT2D eigenvalue weighted by atomic mass is 16.5. The standard InChI is InChI=1S/C25H42O2/c1-21-15-16-22(13-9-7-11-17-24(2,3)4)19-23(21)14-10-8-12-18-25(5,6)27-20-26/h15-16,19-20H,7-14,17-18H2,1-6H3. The first-order valence-electron chi connectivity index (χ1n) is 10.8. The Morgan fingerprint density at radius 3 is 2.11 bits per heavy atom. The number of unbranched alkanes of at least 4 members (excludes halogenated alkanes) is 4. The molecule has 2 heteroatoms. The quantitative estimate of drug-likeness (QED) is 0.269. The van der Waals surface area contributed by atoms with E-state index in [9.17, 15) is 4.79 Å². The van der Waals surface area contributed by atoms with Gasteiger partial charge in [-0.05, 0) is 87.8 Å². The Labute approximate surface area is 168 Å². The van der Waals surface area contributed by atoms with Gasteiger partial charge in [0.05, 0.1) is 0 Å². The maximum Gasteiger partial charge on any atom is 0.293 e. The van der Waals surface area contributed by atoms with Crippen LogP contribution in [-0.2, 0) is 22.4 Å². The molecule has 0 fully saturated rings. The van der Waals surface area contributed by atoms with E-state index < -0.39 is 0 Å². The van der Waals surface area contributed by atoms with Crippen molar-refractivity contribution in [1.29, 1.82) is 0 Å². The van der Waals surface area contributed by atoms with Crippen LogP contribution >= 0.6 is 0 Å². The molecule has 0 aliphatic heterocycles. The molecule has 0 aromatic heterocycles. The number of hydrogen-bond donors (Lipinski definition) is 0. The van der Waals surface area contributed by atoms with Gasteiger partial charge in [-0.1, -0.05) is 58.2 Å². The van der Waals surface area contributed by atoms with Gasteiger partial charge in [0.25, 0.3) is 6.47 Å². The largest absolute Gasteiger partial charge is 0.462 e. The third kappa shape index (κ3) is 11.2. The van der Waals surface area contributed by atoms with Gasteiger partial charge in [-0.2, -0.15) is 0 Å². The minimum atomic E-state index is -0.329. The smallest absolute Gasteiger partial charge is 0.293 e. The summed E-state index contributed by atoms with van der Waals surface area (Å²) < 4.78 is 5.12. The van der Waals surface area contributed by atoms with Crippen molar-refractivity contribution in [3.63, 3.8) is 0 Å². The second-order valence-electron chi connectivity index (χ2n) is 9.92. The Kier molecular flexibility index (Phi) is 10.1. The molecular weight excluding hydrogens is 332 g/mol. The molecule has 0 aliphatic carbocycles. The van der Waals surface area contributed by atoms with Crippen molar-refractivity contribution in [2.24, 2.45) is 5.41 Å². The van der Waals surface area contributed by atoms with Crippen LogP contribution in [0.1, 0.15) is 103 Å². The van der Waals surface area contributed by atoms with Gasteiger partial charge >= 0.3 is 0 Å². The van der Waals surface area contributed by atoms with E-state index in [1.165, 1.54) is 61.6 Å². The van der Waals surface area contributed by atoms with Crippen molar-refractivity contribution in [2.75, 3.05) is 0 Å². The Morgan fingerprint density at radius 1 is 0.852 bits per heavy atom. The first-order valence-corrected chi connectivity index (χ1v) is 10.8. The summed E-state index contributed by atoms with van der Waals surface area (Å²) >= 11 is 0. The van der Waals surface area contributed by atoms with Crippen LogP contribution in [0.3, 0.4) is 0 Å². The van der Waals surface area contributed by atoms with Gasteiger partial charge in [-0.25, -0.2) is 0 Å². The summed E-state index contributed by atoms with van der Waals surface area (Å²) in [4.78, 5) is 10.5. The van der Waals surface area contributed by atoms with Gasteiger partial charge in [0.15, 0.2) is 0 Å². The second-order valence-corrected chi connectivity index (χ2v) is 9.92. The second kappa shape index (κ2) is 11.5. The van der Waals surface area contributed by atoms with Crippen molar-refractivity contribution in [3.05, 3.63) is 34.9 Å². The lowest BCUT2D eigenvalue weighted by Gasteiger charge is -2.22. The number of carbonyl (C=O) groups excluding carboxylic acids is 1. The number of ether oxygens (including phenoxy) is 1. The summed E-state index contributed by atoms with van der Waals surface area (Å²) in [6.45, 7) is 13.7. The summed E-state index contributed by atoms with van der Waals surface area (Å²) in [7, 11) is 0. The average Bonchev–Trinajstić information content (AvgIpc) is 2.55. The van der Waals surface area contributed by atoms with Crippen LogP contribution in [0, 0.1) is 12.3 Å². The third-order valence-electron chi connectivity index (χ3n) is 5.40. The van der Waals surface area contributed by atoms with Crippen LogP contribution in [0.5, 0.6) is 0 Å². The minimum absolute atomic E-state index is 0.329. The molecule has 0 heterocycles. The van der Waals surface area contributed by atoms with Crippen LogP contribution < -0.4 is 0 Å². The van der Waals surface area contributed by atoms with Crippen LogP contribution in [0.15, 0.2) is 18.2 Å². The van der Waals surface area contributed by atoms with Crippen LogP contribution in [0.4, 0.5) is 0 Å². The Bertz CT molecular complexity index is 552. The van der Waals surface area contributed by atoms with Gasteiger partial charge in [0.2, 0.25) is 0 Å². The van der Waals surface area contributed by atoms with Crippen molar-refractivity contribution >= 4 is 6.47 Å². The molecule has 154 valence electrons. The number of benzene rings is 1. The zero-order valence-corrected chi connectivity index (χ0v) is 18.7. The van der Waals surface area contributed by atoms with Crippen LogP contribution in [0.2, 0.25) is 0 Å². The molecule has 0 saturated carbocycles. The molecule has 0 amide bonds. The number of aryl methyl sites for hydroxylation is 3. The Hall–Kier alpha value is -1.31. The van der Waals surface area contributed by atoms with E-state index in [1.54, 1.807) is 0 Å². The molecule has 0 radical (unpaired) electrons. The predicted molar refractivity (Wildman–Crippen MR) is 116 cm³/mol. The van der Waals surface area contributed by atoms with E-state index in [4.69, 9.17) is 4.74 Å². The van der Waals surface area contributed by atoms with Crippen molar-refractivity contribution in [2.45, 2.75) is 111 Å². The first-order chi connectivity index (χ1) is 12.6. The van der Waals surface area contributed by atoms with Gasteiger partial charge in [-0.3, -0.25) is 4.79 Å². The van der Waals surface area contributed by atoms with Crippen molar-refractivity contribution < 1.29 is 9.53 Å². The van der Waals surface area contributed by atoms with Gasteiger partial charge in [-0.15, -0.1) is 0 Å². The fourth-order valence-corrected chi connectivity index (χ4v) is 3.54. The third-order valence-corrected chi connectivity index (χ3v) is 5.40. The first kappa shape index (κ1) is 23.7. The molecule has 1 aromatic rings. The van der Waals surface area contributed by atoms with Gasteiger partial charge in [0, 0.05) is 0 Å². The normalized spacial score (nSPS) is 12.2. The van der Waals surface area contributed by atoms with E-state index in [2.05, 4.69) is 45.9 Å². The van der Waals surface area contributed by atoms with E-state index in [1.807, 2.05) is 13.8 Å². The minimum Gasteiger partial charge on any atom is -0.462 e. The lowest BCUT2D eigenvalue weighted by Crippen LogP contribution is -2.23.